The van der Waals surface area contributed by atoms with Gasteiger partial charge in [0.2, 0.25) is 5.91 Å². The quantitative estimate of drug-likeness (QED) is 0.783. The second kappa shape index (κ2) is 9.62. The van der Waals surface area contributed by atoms with Crippen molar-refractivity contribution in [3.8, 4) is 5.75 Å². The number of hydrogen-bond donors (Lipinski definition) is 1. The monoisotopic (exact) mass is 402 g/mol. The molecule has 27 heavy (non-hydrogen) atoms. The lowest BCUT2D eigenvalue weighted by atomic mass is 9.94. The highest BCUT2D eigenvalue weighted by Crippen LogP contribution is 2.28. The first-order chi connectivity index (χ1) is 12.2. The zero-order valence-electron chi connectivity index (χ0n) is 14.9. The van der Waals surface area contributed by atoms with Crippen molar-refractivity contribution >= 4 is 18.3 Å². The van der Waals surface area contributed by atoms with Crippen molar-refractivity contribution < 1.29 is 22.7 Å². The summed E-state index contributed by atoms with van der Waals surface area (Å²) in [4.78, 5) is 14.0. The summed E-state index contributed by atoms with van der Waals surface area (Å²) in [6.07, 6.45) is -4.79. The minimum Gasteiger partial charge on any atom is -0.405 e. The molecule has 2 atom stereocenters. The summed E-state index contributed by atoms with van der Waals surface area (Å²) in [5, 5.41) is 0. The third kappa shape index (κ3) is 6.45. The van der Waals surface area contributed by atoms with Crippen molar-refractivity contribution in [3.63, 3.8) is 0 Å². The summed E-state index contributed by atoms with van der Waals surface area (Å²) in [6, 6.07) is 14.4. The first kappa shape index (κ1) is 22.8. The number of hydrogen-bond acceptors (Lipinski definition) is 3. The third-order valence-corrected chi connectivity index (χ3v) is 4.09. The summed E-state index contributed by atoms with van der Waals surface area (Å²) in [6.45, 7) is 1.69. The van der Waals surface area contributed by atoms with Crippen LogP contribution in [-0.4, -0.2) is 24.2 Å². The number of para-hydroxylation sites is 1. The Morgan fingerprint density at radius 2 is 1.67 bits per heavy atom. The highest BCUT2D eigenvalue weighted by Gasteiger charge is 2.32. The van der Waals surface area contributed by atoms with E-state index in [4.69, 9.17) is 5.73 Å². The van der Waals surface area contributed by atoms with E-state index in [2.05, 4.69) is 4.74 Å². The van der Waals surface area contributed by atoms with E-state index in [1.165, 1.54) is 30.1 Å². The predicted molar refractivity (Wildman–Crippen MR) is 99.4 cm³/mol. The molecule has 0 heterocycles. The number of carbonyl (C=O) groups is 1. The number of alkyl halides is 3. The van der Waals surface area contributed by atoms with Crippen LogP contribution in [0.2, 0.25) is 0 Å². The minimum atomic E-state index is -4.79. The summed E-state index contributed by atoms with van der Waals surface area (Å²) in [5.74, 6) is -1.11. The number of nitrogens with two attached hydrogens (primary N) is 1. The van der Waals surface area contributed by atoms with E-state index < -0.39 is 18.3 Å². The summed E-state index contributed by atoms with van der Waals surface area (Å²) >= 11 is 0. The standard InChI is InChI=1S/C19H21F3N2O2.ClH/c1-13(17(23)14-8-4-3-5-9-14)18(25)24(2)12-15-10-6-7-11-16(15)26-19(20,21)22;/h3-11,13,17H,12,23H2,1-2H3;1H. The van der Waals surface area contributed by atoms with Crippen molar-refractivity contribution in [2.75, 3.05) is 7.05 Å². The fourth-order valence-electron chi connectivity index (χ4n) is 2.66. The fraction of sp³-hybridized carbons (Fsp3) is 0.316. The van der Waals surface area contributed by atoms with E-state index in [9.17, 15) is 18.0 Å². The molecule has 0 fully saturated rings. The van der Waals surface area contributed by atoms with E-state index in [0.29, 0.717) is 0 Å². The Hall–Kier alpha value is -2.25. The lowest BCUT2D eigenvalue weighted by Gasteiger charge is -2.26. The number of benzene rings is 2. The van der Waals surface area contributed by atoms with Gasteiger partial charge in [-0.1, -0.05) is 55.5 Å². The normalized spacial score (nSPS) is 13.3. The average Bonchev–Trinajstić information content (AvgIpc) is 2.61. The number of halogens is 4. The van der Waals surface area contributed by atoms with Crippen LogP contribution in [0.3, 0.4) is 0 Å². The van der Waals surface area contributed by atoms with Crippen LogP contribution in [0.1, 0.15) is 24.1 Å². The molecule has 0 aromatic heterocycles. The van der Waals surface area contributed by atoms with Crippen molar-refractivity contribution in [1.82, 2.24) is 4.90 Å². The molecular weight excluding hydrogens is 381 g/mol. The van der Waals surface area contributed by atoms with Gasteiger partial charge in [-0.15, -0.1) is 25.6 Å². The van der Waals surface area contributed by atoms with E-state index in [0.717, 1.165) is 5.56 Å². The van der Waals surface area contributed by atoms with Gasteiger partial charge in [-0.2, -0.15) is 0 Å². The SMILES string of the molecule is CC(C(=O)N(C)Cc1ccccc1OC(F)(F)F)C(N)c1ccccc1.Cl. The van der Waals surface area contributed by atoms with Gasteiger partial charge in [0.25, 0.3) is 0 Å². The predicted octanol–water partition coefficient (Wildman–Crippen LogP) is 4.30. The number of amides is 1. The molecule has 2 aromatic carbocycles. The van der Waals surface area contributed by atoms with Crippen LogP contribution in [0.25, 0.3) is 0 Å². The highest BCUT2D eigenvalue weighted by molar-refractivity contribution is 5.85. The lowest BCUT2D eigenvalue weighted by molar-refractivity contribution is -0.275. The van der Waals surface area contributed by atoms with Crippen LogP contribution in [0, 0.1) is 5.92 Å². The molecular formula is C19H22ClF3N2O2. The van der Waals surface area contributed by atoms with Gasteiger partial charge >= 0.3 is 6.36 Å². The van der Waals surface area contributed by atoms with E-state index in [1.807, 2.05) is 30.3 Å². The molecule has 0 aliphatic carbocycles. The van der Waals surface area contributed by atoms with Crippen molar-refractivity contribution in [3.05, 3.63) is 65.7 Å². The second-order valence-electron chi connectivity index (χ2n) is 6.07. The van der Waals surface area contributed by atoms with Crippen molar-refractivity contribution in [2.45, 2.75) is 25.9 Å². The van der Waals surface area contributed by atoms with Crippen LogP contribution in [0.4, 0.5) is 13.2 Å². The minimum absolute atomic E-state index is 0. The lowest BCUT2D eigenvalue weighted by Crippen LogP contribution is -2.36. The molecule has 0 bridgehead atoms. The molecule has 2 unspecified atom stereocenters. The molecule has 148 valence electrons. The van der Waals surface area contributed by atoms with E-state index >= 15 is 0 Å². The number of nitrogens with zero attached hydrogens (tertiary/aromatic N) is 1. The molecule has 0 radical (unpaired) electrons. The Bertz CT molecular complexity index is 741. The molecule has 8 heteroatoms. The van der Waals surface area contributed by atoms with Gasteiger partial charge in [0.15, 0.2) is 0 Å². The van der Waals surface area contributed by atoms with Gasteiger partial charge in [-0.3, -0.25) is 4.79 Å². The molecule has 2 N–H and O–H groups in total. The van der Waals surface area contributed by atoms with Gasteiger partial charge in [0.1, 0.15) is 5.75 Å². The Kier molecular flexibility index (Phi) is 8.12. The van der Waals surface area contributed by atoms with E-state index in [1.54, 1.807) is 13.0 Å². The Labute approximate surface area is 162 Å². The van der Waals surface area contributed by atoms with Crippen LogP contribution >= 0.6 is 12.4 Å². The fourth-order valence-corrected chi connectivity index (χ4v) is 2.66. The summed E-state index contributed by atoms with van der Waals surface area (Å²) in [7, 11) is 1.53. The molecule has 2 aromatic rings. The first-order valence-electron chi connectivity index (χ1n) is 8.08. The zero-order chi connectivity index (χ0) is 19.3. The summed E-state index contributed by atoms with van der Waals surface area (Å²) < 4.78 is 41.6. The average molecular weight is 403 g/mol. The van der Waals surface area contributed by atoms with Gasteiger partial charge in [0.05, 0.1) is 5.92 Å². The number of carbonyl (C=O) groups excluding carboxylic acids is 1. The smallest absolute Gasteiger partial charge is 0.405 e. The Morgan fingerprint density at radius 3 is 2.26 bits per heavy atom. The van der Waals surface area contributed by atoms with E-state index in [-0.39, 0.29) is 36.2 Å². The largest absolute Gasteiger partial charge is 0.573 e. The van der Waals surface area contributed by atoms with Gasteiger partial charge in [0, 0.05) is 25.2 Å². The zero-order valence-corrected chi connectivity index (χ0v) is 15.8. The molecule has 4 nitrogen and oxygen atoms in total. The van der Waals surface area contributed by atoms with Crippen molar-refractivity contribution in [1.29, 1.82) is 0 Å². The van der Waals surface area contributed by atoms with Crippen LogP contribution in [0.15, 0.2) is 54.6 Å². The van der Waals surface area contributed by atoms with Gasteiger partial charge in [-0.25, -0.2) is 0 Å². The topological polar surface area (TPSA) is 55.6 Å². The van der Waals surface area contributed by atoms with Crippen LogP contribution < -0.4 is 10.5 Å². The number of ether oxygens (including phenoxy) is 1. The molecule has 0 saturated carbocycles. The molecule has 1 amide bonds. The first-order valence-corrected chi connectivity index (χ1v) is 8.08. The maximum atomic E-state index is 12.6. The second-order valence-corrected chi connectivity index (χ2v) is 6.07. The van der Waals surface area contributed by atoms with Crippen LogP contribution in [-0.2, 0) is 11.3 Å². The molecule has 0 aliphatic heterocycles. The van der Waals surface area contributed by atoms with Gasteiger partial charge in [-0.05, 0) is 11.6 Å². The van der Waals surface area contributed by atoms with Crippen molar-refractivity contribution in [2.24, 2.45) is 11.7 Å². The molecule has 0 saturated heterocycles. The Morgan fingerprint density at radius 1 is 1.11 bits per heavy atom. The third-order valence-electron chi connectivity index (χ3n) is 4.09. The molecule has 0 aliphatic rings. The maximum Gasteiger partial charge on any atom is 0.573 e. The highest BCUT2D eigenvalue weighted by atomic mass is 35.5. The maximum absolute atomic E-state index is 12.6. The molecule has 2 rings (SSSR count). The van der Waals surface area contributed by atoms with Gasteiger partial charge < -0.3 is 15.4 Å². The summed E-state index contributed by atoms with van der Waals surface area (Å²) in [5.41, 5.74) is 7.25. The number of rotatable bonds is 6. The van der Waals surface area contributed by atoms with Crippen LogP contribution in [0.5, 0.6) is 5.75 Å². The Balaban J connectivity index is 0.00000364. The molecule has 0 spiro atoms.